The smallest absolute Gasteiger partial charge is 0.247 e. The van der Waals surface area contributed by atoms with Crippen molar-refractivity contribution in [3.05, 3.63) is 30.2 Å². The molecule has 2 aliphatic rings. The molecule has 4 rings (SSSR count). The first kappa shape index (κ1) is 15.6. The molecule has 0 saturated carbocycles. The fraction of sp³-hybridized carbons (Fsp3) is 0.579. The molecule has 1 aromatic carbocycles. The van der Waals surface area contributed by atoms with Gasteiger partial charge in [-0.2, -0.15) is 0 Å². The first-order valence-electron chi connectivity index (χ1n) is 9.07. The third-order valence-electron chi connectivity index (χ3n) is 5.32. The van der Waals surface area contributed by atoms with E-state index in [9.17, 15) is 0 Å². The van der Waals surface area contributed by atoms with Gasteiger partial charge in [-0.25, -0.2) is 0 Å². The van der Waals surface area contributed by atoms with Gasteiger partial charge in [0.25, 0.3) is 0 Å². The van der Waals surface area contributed by atoms with Crippen LogP contribution in [0.15, 0.2) is 28.7 Å². The minimum Gasteiger partial charge on any atom is -0.493 e. The van der Waals surface area contributed by atoms with E-state index in [2.05, 4.69) is 15.1 Å². The Bertz CT molecular complexity index is 666. The van der Waals surface area contributed by atoms with Crippen LogP contribution in [0.4, 0.5) is 0 Å². The number of piperidine rings is 2. The summed E-state index contributed by atoms with van der Waals surface area (Å²) in [5.41, 5.74) is 0.930. The van der Waals surface area contributed by atoms with E-state index in [0.29, 0.717) is 17.7 Å². The molecule has 0 bridgehead atoms. The highest BCUT2D eigenvalue weighted by Crippen LogP contribution is 2.31. The number of fused-ring (bicyclic) bond motifs is 1. The summed E-state index contributed by atoms with van der Waals surface area (Å²) in [5.74, 6) is 2.73. The Labute approximate surface area is 143 Å². The molecular formula is C19H25N3O2. The Kier molecular flexibility index (Phi) is 4.52. The highest BCUT2D eigenvalue weighted by Gasteiger charge is 2.33. The predicted molar refractivity (Wildman–Crippen MR) is 91.9 cm³/mol. The van der Waals surface area contributed by atoms with Crippen molar-refractivity contribution in [2.75, 3.05) is 19.7 Å². The number of nitrogens with zero attached hydrogens (tertiary/aromatic N) is 3. The first-order chi connectivity index (χ1) is 11.8. The summed E-state index contributed by atoms with van der Waals surface area (Å²) in [7, 11) is 0. The van der Waals surface area contributed by atoms with E-state index in [1.54, 1.807) is 6.92 Å². The summed E-state index contributed by atoms with van der Waals surface area (Å²) in [5, 5.41) is 7.92. The number of aromatic nitrogens is 2. The molecule has 24 heavy (non-hydrogen) atoms. The van der Waals surface area contributed by atoms with E-state index in [4.69, 9.17) is 9.15 Å². The molecule has 0 spiro atoms. The van der Waals surface area contributed by atoms with Crippen LogP contribution in [-0.2, 0) is 0 Å². The molecule has 2 saturated heterocycles. The lowest BCUT2D eigenvalue weighted by Gasteiger charge is -2.44. The van der Waals surface area contributed by atoms with Crippen molar-refractivity contribution in [3.8, 4) is 17.2 Å². The molecule has 128 valence electrons. The van der Waals surface area contributed by atoms with Crippen LogP contribution in [0.2, 0.25) is 0 Å². The standard InChI is InChI=1S/C19H25N3O2/c1-14-20-21-19(24-14)15-7-9-17(10-8-15)23-13-16-5-4-12-22-11-3-2-6-18(16)22/h7-10,16,18H,2-6,11-13H2,1H3. The molecule has 2 aliphatic heterocycles. The fourth-order valence-electron chi connectivity index (χ4n) is 4.08. The van der Waals surface area contributed by atoms with Crippen LogP contribution in [0.1, 0.15) is 38.0 Å². The van der Waals surface area contributed by atoms with Crippen LogP contribution in [-0.4, -0.2) is 40.8 Å². The average Bonchev–Trinajstić information content (AvgIpc) is 3.07. The zero-order valence-corrected chi connectivity index (χ0v) is 14.3. The Morgan fingerprint density at radius 3 is 2.71 bits per heavy atom. The topological polar surface area (TPSA) is 51.4 Å². The molecule has 0 amide bonds. The van der Waals surface area contributed by atoms with Crippen LogP contribution >= 0.6 is 0 Å². The minimum absolute atomic E-state index is 0.559. The number of aryl methyl sites for hydroxylation is 1. The SMILES string of the molecule is Cc1nnc(-c2ccc(OCC3CCCN4CCCCC34)cc2)o1. The van der Waals surface area contributed by atoms with Gasteiger partial charge in [0.15, 0.2) is 0 Å². The van der Waals surface area contributed by atoms with Crippen molar-refractivity contribution in [1.29, 1.82) is 0 Å². The number of rotatable bonds is 4. The third-order valence-corrected chi connectivity index (χ3v) is 5.32. The van der Waals surface area contributed by atoms with E-state index in [0.717, 1.165) is 24.0 Å². The number of hydrogen-bond donors (Lipinski definition) is 0. The Balaban J connectivity index is 1.37. The lowest BCUT2D eigenvalue weighted by molar-refractivity contribution is 0.0366. The van der Waals surface area contributed by atoms with Gasteiger partial charge in [-0.3, -0.25) is 4.90 Å². The maximum atomic E-state index is 6.10. The van der Waals surface area contributed by atoms with Crippen LogP contribution in [0.5, 0.6) is 5.75 Å². The van der Waals surface area contributed by atoms with Crippen molar-refractivity contribution in [1.82, 2.24) is 15.1 Å². The number of benzene rings is 1. The molecule has 3 heterocycles. The molecule has 2 aromatic rings. The van der Waals surface area contributed by atoms with Gasteiger partial charge >= 0.3 is 0 Å². The van der Waals surface area contributed by atoms with E-state index in [1.165, 1.54) is 45.2 Å². The molecule has 5 nitrogen and oxygen atoms in total. The summed E-state index contributed by atoms with van der Waals surface area (Å²) in [4.78, 5) is 2.68. The molecule has 1 aromatic heterocycles. The largest absolute Gasteiger partial charge is 0.493 e. The summed E-state index contributed by atoms with van der Waals surface area (Å²) < 4.78 is 11.6. The summed E-state index contributed by atoms with van der Waals surface area (Å²) in [6.07, 6.45) is 6.67. The summed E-state index contributed by atoms with van der Waals surface area (Å²) >= 11 is 0. The Morgan fingerprint density at radius 1 is 1.08 bits per heavy atom. The van der Waals surface area contributed by atoms with Crippen molar-refractivity contribution in [2.24, 2.45) is 5.92 Å². The van der Waals surface area contributed by atoms with Crippen LogP contribution in [0.25, 0.3) is 11.5 Å². The average molecular weight is 327 g/mol. The van der Waals surface area contributed by atoms with Gasteiger partial charge in [0.2, 0.25) is 11.8 Å². The fourth-order valence-corrected chi connectivity index (χ4v) is 4.08. The minimum atomic E-state index is 0.559. The maximum absolute atomic E-state index is 6.10. The predicted octanol–water partition coefficient (Wildman–Crippen LogP) is 3.69. The Morgan fingerprint density at radius 2 is 1.92 bits per heavy atom. The second kappa shape index (κ2) is 6.93. The van der Waals surface area contributed by atoms with E-state index >= 15 is 0 Å². The molecule has 0 radical (unpaired) electrons. The molecule has 5 heteroatoms. The van der Waals surface area contributed by atoms with Gasteiger partial charge in [-0.15, -0.1) is 10.2 Å². The second-order valence-corrected chi connectivity index (χ2v) is 6.96. The number of ether oxygens (including phenoxy) is 1. The van der Waals surface area contributed by atoms with Crippen LogP contribution in [0, 0.1) is 12.8 Å². The number of hydrogen-bond acceptors (Lipinski definition) is 5. The monoisotopic (exact) mass is 327 g/mol. The van der Waals surface area contributed by atoms with Gasteiger partial charge in [0, 0.05) is 24.4 Å². The lowest BCUT2D eigenvalue weighted by Crippen LogP contribution is -2.49. The van der Waals surface area contributed by atoms with Crippen molar-refractivity contribution in [3.63, 3.8) is 0 Å². The summed E-state index contributed by atoms with van der Waals surface area (Å²) in [6, 6.07) is 8.69. The van der Waals surface area contributed by atoms with E-state index < -0.39 is 0 Å². The highest BCUT2D eigenvalue weighted by molar-refractivity contribution is 5.53. The van der Waals surface area contributed by atoms with Gasteiger partial charge in [-0.05, 0) is 63.0 Å². The van der Waals surface area contributed by atoms with Crippen molar-refractivity contribution < 1.29 is 9.15 Å². The molecule has 2 atom stereocenters. The van der Waals surface area contributed by atoms with Gasteiger partial charge in [-0.1, -0.05) is 6.42 Å². The van der Waals surface area contributed by atoms with Crippen molar-refractivity contribution >= 4 is 0 Å². The second-order valence-electron chi connectivity index (χ2n) is 6.96. The molecule has 2 fully saturated rings. The maximum Gasteiger partial charge on any atom is 0.247 e. The van der Waals surface area contributed by atoms with E-state index in [-0.39, 0.29) is 0 Å². The molecule has 0 N–H and O–H groups in total. The third kappa shape index (κ3) is 3.31. The normalized spacial score (nSPS) is 24.5. The molecule has 2 unspecified atom stereocenters. The van der Waals surface area contributed by atoms with Crippen molar-refractivity contribution in [2.45, 2.75) is 45.1 Å². The molecular weight excluding hydrogens is 302 g/mol. The van der Waals surface area contributed by atoms with Crippen LogP contribution in [0.3, 0.4) is 0 Å². The lowest BCUT2D eigenvalue weighted by atomic mass is 9.84. The van der Waals surface area contributed by atoms with Gasteiger partial charge in [0.1, 0.15) is 5.75 Å². The van der Waals surface area contributed by atoms with Gasteiger partial charge < -0.3 is 9.15 Å². The van der Waals surface area contributed by atoms with Crippen LogP contribution < -0.4 is 4.74 Å². The first-order valence-corrected chi connectivity index (χ1v) is 9.07. The quantitative estimate of drug-likeness (QED) is 0.857. The zero-order valence-electron chi connectivity index (χ0n) is 14.3. The molecule has 0 aliphatic carbocycles. The zero-order chi connectivity index (χ0) is 16.4. The summed E-state index contributed by atoms with van der Waals surface area (Å²) in [6.45, 7) is 5.17. The highest BCUT2D eigenvalue weighted by atomic mass is 16.5. The Hall–Kier alpha value is -1.88. The van der Waals surface area contributed by atoms with Gasteiger partial charge in [0.05, 0.1) is 6.61 Å². The van der Waals surface area contributed by atoms with E-state index in [1.807, 2.05) is 24.3 Å².